The lowest BCUT2D eigenvalue weighted by molar-refractivity contribution is -0.148. The molecule has 10 heteroatoms. The molecule has 0 aliphatic heterocycles. The first kappa shape index (κ1) is 21.8. The van der Waals surface area contributed by atoms with Crippen LogP contribution in [0, 0.1) is 40.2 Å². The molecule has 0 saturated heterocycles. The molecule has 2 atom stereocenters. The first-order valence-electron chi connectivity index (χ1n) is 11.1. The number of benzene rings is 1. The normalized spacial score (nSPS) is 34.3. The molecule has 4 bridgehead atoms. The summed E-state index contributed by atoms with van der Waals surface area (Å²) in [6.45, 7) is -0.130. The highest BCUT2D eigenvalue weighted by molar-refractivity contribution is 7.89. The van der Waals surface area contributed by atoms with Crippen LogP contribution in [0.2, 0.25) is 0 Å². The van der Waals surface area contributed by atoms with Crippen molar-refractivity contribution in [2.75, 3.05) is 6.54 Å². The summed E-state index contributed by atoms with van der Waals surface area (Å²) in [4.78, 5) is 24.7. The standard InChI is InChI=1S/C22H27F2N3O4S/c23-15-5-16(24)7-17(6-15)32(30,31)26-11-21(1-2-21)20(29)27-18-13-3-12-4-14(18)10-22(8-12,9-13)19(25)28/h5-7,12-14,18,26H,1-4,8-11H2,(H2,25,28)(H,27,29). The van der Waals surface area contributed by atoms with Gasteiger partial charge in [-0.3, -0.25) is 9.59 Å². The molecular formula is C22H27F2N3O4S. The van der Waals surface area contributed by atoms with Gasteiger partial charge in [-0.2, -0.15) is 0 Å². The summed E-state index contributed by atoms with van der Waals surface area (Å²) in [5.74, 6) is -1.51. The Morgan fingerprint density at radius 3 is 2.16 bits per heavy atom. The Balaban J connectivity index is 1.25. The zero-order chi connectivity index (χ0) is 22.9. The van der Waals surface area contributed by atoms with Gasteiger partial charge in [0.05, 0.1) is 10.3 Å². The SMILES string of the molecule is NC(=O)C12CC3CC(C1)C(NC(=O)C1(CNS(=O)(=O)c4cc(F)cc(F)c4)CC1)C(C3)C2. The van der Waals surface area contributed by atoms with Crippen LogP contribution in [0.3, 0.4) is 0 Å². The minimum atomic E-state index is -4.16. The predicted molar refractivity (Wildman–Crippen MR) is 110 cm³/mol. The summed E-state index contributed by atoms with van der Waals surface area (Å²) in [7, 11) is -4.16. The van der Waals surface area contributed by atoms with Crippen LogP contribution in [0.1, 0.15) is 44.9 Å². The minimum absolute atomic E-state index is 0.0297. The Labute approximate surface area is 185 Å². The van der Waals surface area contributed by atoms with Crippen molar-refractivity contribution < 1.29 is 26.8 Å². The molecule has 0 heterocycles. The van der Waals surface area contributed by atoms with E-state index in [1.54, 1.807) is 0 Å². The van der Waals surface area contributed by atoms with Crippen molar-refractivity contribution in [3.05, 3.63) is 29.8 Å². The zero-order valence-corrected chi connectivity index (χ0v) is 18.4. The summed E-state index contributed by atoms with van der Waals surface area (Å²) in [6, 6.07) is 2.06. The van der Waals surface area contributed by atoms with E-state index >= 15 is 0 Å². The van der Waals surface area contributed by atoms with Crippen LogP contribution < -0.4 is 15.8 Å². The van der Waals surface area contributed by atoms with E-state index in [2.05, 4.69) is 10.0 Å². The highest BCUT2D eigenvalue weighted by Crippen LogP contribution is 2.60. The van der Waals surface area contributed by atoms with Crippen LogP contribution in [0.15, 0.2) is 23.1 Å². The minimum Gasteiger partial charge on any atom is -0.369 e. The highest BCUT2D eigenvalue weighted by Gasteiger charge is 2.59. The predicted octanol–water partition coefficient (Wildman–Crippen LogP) is 1.82. The fraction of sp³-hybridized carbons (Fsp3) is 0.636. The van der Waals surface area contributed by atoms with Crippen molar-refractivity contribution in [3.8, 4) is 0 Å². The summed E-state index contributed by atoms with van der Waals surface area (Å²) in [5, 5.41) is 3.17. The first-order chi connectivity index (χ1) is 15.0. The lowest BCUT2D eigenvalue weighted by Gasteiger charge is -2.59. The van der Waals surface area contributed by atoms with E-state index in [0.717, 1.165) is 31.4 Å². The molecule has 5 aliphatic rings. The summed E-state index contributed by atoms with van der Waals surface area (Å²) in [5.41, 5.74) is 4.43. The Kier molecular flexibility index (Phi) is 4.91. The molecule has 0 spiro atoms. The molecule has 5 saturated carbocycles. The van der Waals surface area contributed by atoms with Crippen LogP contribution >= 0.6 is 0 Å². The number of amides is 2. The molecule has 5 aliphatic carbocycles. The Bertz CT molecular complexity index is 1050. The number of hydrogen-bond donors (Lipinski definition) is 3. The number of halogens is 2. The molecule has 4 N–H and O–H groups in total. The number of carbonyl (C=O) groups excluding carboxylic acids is 2. The van der Waals surface area contributed by atoms with E-state index in [1.807, 2.05) is 0 Å². The van der Waals surface area contributed by atoms with Crippen molar-refractivity contribution in [2.45, 2.75) is 55.9 Å². The third-order valence-electron chi connectivity index (χ3n) is 8.18. The topological polar surface area (TPSA) is 118 Å². The van der Waals surface area contributed by atoms with Crippen molar-refractivity contribution in [2.24, 2.45) is 34.3 Å². The summed E-state index contributed by atoms with van der Waals surface area (Å²) >= 11 is 0. The van der Waals surface area contributed by atoms with Gasteiger partial charge in [0, 0.05) is 24.1 Å². The fourth-order valence-electron chi connectivity index (χ4n) is 6.50. The zero-order valence-electron chi connectivity index (χ0n) is 17.6. The second-order valence-electron chi connectivity index (χ2n) is 10.3. The molecule has 1 aromatic rings. The average Bonchev–Trinajstić information content (AvgIpc) is 3.49. The molecular weight excluding hydrogens is 440 g/mol. The third-order valence-corrected chi connectivity index (χ3v) is 9.56. The molecule has 0 radical (unpaired) electrons. The van der Waals surface area contributed by atoms with E-state index in [1.165, 1.54) is 0 Å². The van der Waals surface area contributed by atoms with E-state index in [0.29, 0.717) is 37.7 Å². The van der Waals surface area contributed by atoms with Gasteiger partial charge < -0.3 is 11.1 Å². The largest absolute Gasteiger partial charge is 0.369 e. The van der Waals surface area contributed by atoms with Gasteiger partial charge >= 0.3 is 0 Å². The van der Waals surface area contributed by atoms with E-state index in [4.69, 9.17) is 5.73 Å². The maximum absolute atomic E-state index is 13.4. The number of nitrogens with one attached hydrogen (secondary N) is 2. The van der Waals surface area contributed by atoms with Crippen LogP contribution in [-0.4, -0.2) is 32.8 Å². The van der Waals surface area contributed by atoms with Gasteiger partial charge in [0.25, 0.3) is 0 Å². The maximum atomic E-state index is 13.4. The average molecular weight is 468 g/mol. The first-order valence-corrected chi connectivity index (χ1v) is 12.6. The van der Waals surface area contributed by atoms with Gasteiger partial charge in [0.15, 0.2) is 0 Å². The molecule has 0 aromatic heterocycles. The second kappa shape index (κ2) is 7.21. The quantitative estimate of drug-likeness (QED) is 0.567. The van der Waals surface area contributed by atoms with Crippen molar-refractivity contribution in [3.63, 3.8) is 0 Å². The number of sulfonamides is 1. The van der Waals surface area contributed by atoms with Gasteiger partial charge in [0.2, 0.25) is 21.8 Å². The molecule has 2 unspecified atom stereocenters. The van der Waals surface area contributed by atoms with Gasteiger partial charge in [-0.25, -0.2) is 21.9 Å². The Morgan fingerprint density at radius 2 is 1.62 bits per heavy atom. The number of primary amides is 1. The number of rotatable bonds is 7. The molecule has 1 aromatic carbocycles. The number of carbonyl (C=O) groups is 2. The van der Waals surface area contributed by atoms with E-state index in [-0.39, 0.29) is 36.2 Å². The molecule has 5 fully saturated rings. The number of nitrogens with two attached hydrogens (primary N) is 1. The smallest absolute Gasteiger partial charge is 0.240 e. The summed E-state index contributed by atoms with van der Waals surface area (Å²) < 4.78 is 54.2. The van der Waals surface area contributed by atoms with Crippen molar-refractivity contribution in [1.29, 1.82) is 0 Å². The van der Waals surface area contributed by atoms with E-state index in [9.17, 15) is 26.8 Å². The van der Waals surface area contributed by atoms with Gasteiger partial charge in [-0.15, -0.1) is 0 Å². The molecule has 174 valence electrons. The van der Waals surface area contributed by atoms with Gasteiger partial charge in [0.1, 0.15) is 11.6 Å². The van der Waals surface area contributed by atoms with E-state index < -0.39 is 37.4 Å². The van der Waals surface area contributed by atoms with Gasteiger partial charge in [-0.05, 0) is 74.8 Å². The Hall–Kier alpha value is -2.07. The fourth-order valence-corrected chi connectivity index (χ4v) is 7.67. The lowest BCUT2D eigenvalue weighted by atomic mass is 9.47. The molecule has 32 heavy (non-hydrogen) atoms. The third kappa shape index (κ3) is 3.61. The molecule has 7 nitrogen and oxygen atoms in total. The van der Waals surface area contributed by atoms with Crippen LogP contribution in [0.4, 0.5) is 8.78 Å². The van der Waals surface area contributed by atoms with Crippen LogP contribution in [0.25, 0.3) is 0 Å². The highest BCUT2D eigenvalue weighted by atomic mass is 32.2. The second-order valence-corrected chi connectivity index (χ2v) is 12.1. The van der Waals surface area contributed by atoms with Gasteiger partial charge in [-0.1, -0.05) is 0 Å². The van der Waals surface area contributed by atoms with Crippen LogP contribution in [0.5, 0.6) is 0 Å². The molecule has 2 amide bonds. The summed E-state index contributed by atoms with van der Waals surface area (Å²) in [6.07, 6.45) is 5.27. The Morgan fingerprint density at radius 1 is 1.03 bits per heavy atom. The maximum Gasteiger partial charge on any atom is 0.240 e. The monoisotopic (exact) mass is 467 g/mol. The lowest BCUT2D eigenvalue weighted by Crippen LogP contribution is -2.62. The van der Waals surface area contributed by atoms with Crippen molar-refractivity contribution in [1.82, 2.24) is 10.0 Å². The number of hydrogen-bond acceptors (Lipinski definition) is 4. The van der Waals surface area contributed by atoms with Crippen LogP contribution in [-0.2, 0) is 19.6 Å². The molecule has 6 rings (SSSR count). The van der Waals surface area contributed by atoms with Crippen molar-refractivity contribution >= 4 is 21.8 Å².